The largest absolute Gasteiger partial charge is 0.493 e. The Labute approximate surface area is 158 Å². The van der Waals surface area contributed by atoms with Crippen LogP contribution in [0.5, 0.6) is 5.75 Å². The van der Waals surface area contributed by atoms with E-state index in [1.54, 1.807) is 11.3 Å². The van der Waals surface area contributed by atoms with E-state index in [4.69, 9.17) is 9.72 Å². The van der Waals surface area contributed by atoms with Gasteiger partial charge in [0, 0.05) is 35.9 Å². The van der Waals surface area contributed by atoms with Gasteiger partial charge in [0.05, 0.1) is 18.8 Å². The van der Waals surface area contributed by atoms with Gasteiger partial charge in [-0.3, -0.25) is 4.79 Å². The summed E-state index contributed by atoms with van der Waals surface area (Å²) >= 11 is 1.75. The second-order valence-electron chi connectivity index (χ2n) is 6.92. The van der Waals surface area contributed by atoms with Crippen LogP contribution in [-0.4, -0.2) is 30.6 Å². The third-order valence-electron chi connectivity index (χ3n) is 5.01. The molecule has 1 N–H and O–H groups in total. The first kappa shape index (κ1) is 17.3. The number of fused-ring (bicyclic) bond motifs is 1. The molecule has 0 unspecified atom stereocenters. The topological polar surface area (TPSA) is 54.5 Å². The molecule has 0 spiro atoms. The fraction of sp³-hybridized carbons (Fsp3) is 0.500. The lowest BCUT2D eigenvalue weighted by Crippen LogP contribution is -2.22. The van der Waals surface area contributed by atoms with E-state index < -0.39 is 0 Å². The first-order valence-corrected chi connectivity index (χ1v) is 10.3. The number of carbonyl (C=O) groups excluding carboxylic acids is 1. The van der Waals surface area contributed by atoms with Gasteiger partial charge in [0.1, 0.15) is 5.75 Å². The normalized spacial score (nSPS) is 19.8. The summed E-state index contributed by atoms with van der Waals surface area (Å²) in [6.45, 7) is 5.47. The van der Waals surface area contributed by atoms with Crippen molar-refractivity contribution in [2.24, 2.45) is 0 Å². The molecule has 2 aliphatic heterocycles. The highest BCUT2D eigenvalue weighted by Crippen LogP contribution is 2.42. The fourth-order valence-corrected chi connectivity index (χ4v) is 4.94. The van der Waals surface area contributed by atoms with Crippen LogP contribution in [0.1, 0.15) is 54.7 Å². The van der Waals surface area contributed by atoms with Gasteiger partial charge in [-0.1, -0.05) is 25.1 Å². The van der Waals surface area contributed by atoms with Crippen molar-refractivity contribution >= 4 is 22.4 Å². The second-order valence-corrected chi connectivity index (χ2v) is 7.93. The summed E-state index contributed by atoms with van der Waals surface area (Å²) in [7, 11) is 0. The number of ether oxygens (including phenoxy) is 1. The molecule has 0 bridgehead atoms. The van der Waals surface area contributed by atoms with Gasteiger partial charge < -0.3 is 15.0 Å². The Hall–Kier alpha value is -2.08. The van der Waals surface area contributed by atoms with Crippen molar-refractivity contribution < 1.29 is 9.53 Å². The molecule has 1 atom stereocenters. The molecular formula is C20H25N3O2S. The molecule has 5 nitrogen and oxygen atoms in total. The zero-order valence-corrected chi connectivity index (χ0v) is 16.0. The first-order chi connectivity index (χ1) is 12.8. The Balaban J connectivity index is 1.72. The van der Waals surface area contributed by atoms with Gasteiger partial charge in [0.15, 0.2) is 5.13 Å². The molecule has 1 aromatic carbocycles. The van der Waals surface area contributed by atoms with Crippen LogP contribution in [-0.2, 0) is 11.3 Å². The van der Waals surface area contributed by atoms with Gasteiger partial charge in [0.2, 0.25) is 5.91 Å². The summed E-state index contributed by atoms with van der Waals surface area (Å²) in [6, 6.07) is 8.12. The van der Waals surface area contributed by atoms with Gasteiger partial charge in [-0.15, -0.1) is 11.3 Å². The molecule has 1 saturated heterocycles. The molecule has 6 heteroatoms. The first-order valence-electron chi connectivity index (χ1n) is 9.49. The smallest absolute Gasteiger partial charge is 0.221 e. The van der Waals surface area contributed by atoms with Crippen LogP contribution >= 0.6 is 11.3 Å². The minimum atomic E-state index is 0.00871. The predicted octanol–water partition coefficient (Wildman–Crippen LogP) is 3.68. The molecule has 1 aromatic heterocycles. The predicted molar refractivity (Wildman–Crippen MR) is 104 cm³/mol. The maximum Gasteiger partial charge on any atom is 0.221 e. The average Bonchev–Trinajstić information content (AvgIpc) is 3.30. The van der Waals surface area contributed by atoms with Crippen molar-refractivity contribution in [2.45, 2.75) is 45.1 Å². The van der Waals surface area contributed by atoms with Crippen LogP contribution < -0.4 is 15.0 Å². The number of nitrogens with zero attached hydrogens (tertiary/aromatic N) is 2. The number of thiazole rings is 1. The zero-order valence-electron chi connectivity index (χ0n) is 15.2. The van der Waals surface area contributed by atoms with Gasteiger partial charge in [-0.05, 0) is 25.3 Å². The zero-order chi connectivity index (χ0) is 17.9. The Bertz CT molecular complexity index is 783. The second kappa shape index (κ2) is 7.66. The van der Waals surface area contributed by atoms with Crippen molar-refractivity contribution in [3.05, 3.63) is 40.4 Å². The van der Waals surface area contributed by atoms with E-state index in [1.807, 2.05) is 18.2 Å². The van der Waals surface area contributed by atoms with Crippen LogP contribution in [0.3, 0.4) is 0 Å². The van der Waals surface area contributed by atoms with Crippen LogP contribution in [0.25, 0.3) is 0 Å². The number of carbonyl (C=O) groups is 1. The molecule has 3 heterocycles. The standard InChI is InChI=1S/C20H25N3O2S/c1-2-11-25-17-8-4-3-7-14(17)15-12-18(24)21-13-16-19(15)26-20(22-16)23-9-5-6-10-23/h3-4,7-8,15H,2,5-6,9-13H2,1H3,(H,21,24)/t15-/m1/s1. The lowest BCUT2D eigenvalue weighted by atomic mass is 9.92. The Morgan fingerprint density at radius 1 is 1.31 bits per heavy atom. The maximum absolute atomic E-state index is 12.3. The van der Waals surface area contributed by atoms with Crippen molar-refractivity contribution in [1.82, 2.24) is 10.3 Å². The van der Waals surface area contributed by atoms with E-state index in [-0.39, 0.29) is 11.8 Å². The van der Waals surface area contributed by atoms with E-state index in [1.165, 1.54) is 17.7 Å². The van der Waals surface area contributed by atoms with Crippen molar-refractivity contribution in [2.75, 3.05) is 24.6 Å². The number of rotatable bonds is 5. The van der Waals surface area contributed by atoms with Gasteiger partial charge in [-0.2, -0.15) is 0 Å². The molecule has 0 aliphatic carbocycles. The fourth-order valence-electron chi connectivity index (χ4n) is 3.69. The monoisotopic (exact) mass is 371 g/mol. The Morgan fingerprint density at radius 2 is 2.12 bits per heavy atom. The summed E-state index contributed by atoms with van der Waals surface area (Å²) in [5, 5.41) is 4.11. The van der Waals surface area contributed by atoms with E-state index in [0.717, 1.165) is 41.6 Å². The van der Waals surface area contributed by atoms with Crippen LogP contribution in [0.4, 0.5) is 5.13 Å². The van der Waals surface area contributed by atoms with Crippen LogP contribution in [0.2, 0.25) is 0 Å². The van der Waals surface area contributed by atoms with Crippen molar-refractivity contribution in [1.29, 1.82) is 0 Å². The lowest BCUT2D eigenvalue weighted by Gasteiger charge is -2.18. The van der Waals surface area contributed by atoms with Crippen LogP contribution in [0, 0.1) is 0 Å². The number of benzene rings is 1. The average molecular weight is 372 g/mol. The Morgan fingerprint density at radius 3 is 2.92 bits per heavy atom. The number of hydrogen-bond donors (Lipinski definition) is 1. The minimum absolute atomic E-state index is 0.00871. The van der Waals surface area contributed by atoms with E-state index in [2.05, 4.69) is 23.2 Å². The number of amides is 1. The Kier molecular flexibility index (Phi) is 5.11. The molecule has 0 saturated carbocycles. The lowest BCUT2D eigenvalue weighted by molar-refractivity contribution is -0.121. The van der Waals surface area contributed by atoms with Crippen molar-refractivity contribution in [3.8, 4) is 5.75 Å². The van der Waals surface area contributed by atoms with Crippen molar-refractivity contribution in [3.63, 3.8) is 0 Å². The van der Waals surface area contributed by atoms with Crippen LogP contribution in [0.15, 0.2) is 24.3 Å². The number of aromatic nitrogens is 1. The molecule has 2 aromatic rings. The number of nitrogens with one attached hydrogen (secondary N) is 1. The summed E-state index contributed by atoms with van der Waals surface area (Å²) in [6.07, 6.45) is 3.88. The van der Waals surface area contributed by atoms with Gasteiger partial charge >= 0.3 is 0 Å². The summed E-state index contributed by atoms with van der Waals surface area (Å²) in [4.78, 5) is 20.8. The van der Waals surface area contributed by atoms with Gasteiger partial charge in [0.25, 0.3) is 0 Å². The molecule has 26 heavy (non-hydrogen) atoms. The highest BCUT2D eigenvalue weighted by molar-refractivity contribution is 7.15. The highest BCUT2D eigenvalue weighted by Gasteiger charge is 2.31. The molecule has 4 rings (SSSR count). The quantitative estimate of drug-likeness (QED) is 0.871. The molecular weight excluding hydrogens is 346 g/mol. The van der Waals surface area contributed by atoms with E-state index >= 15 is 0 Å². The third kappa shape index (κ3) is 3.43. The molecule has 0 radical (unpaired) electrons. The number of anilines is 1. The third-order valence-corrected chi connectivity index (χ3v) is 6.28. The van der Waals surface area contributed by atoms with Gasteiger partial charge in [-0.25, -0.2) is 4.98 Å². The number of hydrogen-bond acceptors (Lipinski definition) is 5. The minimum Gasteiger partial charge on any atom is -0.493 e. The summed E-state index contributed by atoms with van der Waals surface area (Å²) in [5.74, 6) is 0.971. The highest BCUT2D eigenvalue weighted by atomic mass is 32.1. The van der Waals surface area contributed by atoms with E-state index in [9.17, 15) is 4.79 Å². The summed E-state index contributed by atoms with van der Waals surface area (Å²) in [5.41, 5.74) is 2.11. The molecule has 1 amide bonds. The summed E-state index contributed by atoms with van der Waals surface area (Å²) < 4.78 is 5.98. The SMILES string of the molecule is CCCOc1ccccc1[C@H]1CC(=O)NCc2nc(N3CCCC3)sc21. The van der Waals surface area contributed by atoms with E-state index in [0.29, 0.717) is 19.6 Å². The molecule has 2 aliphatic rings. The number of para-hydroxylation sites is 1. The molecule has 138 valence electrons. The molecule has 1 fully saturated rings. The maximum atomic E-state index is 12.3.